The van der Waals surface area contributed by atoms with Crippen LogP contribution in [0.25, 0.3) is 0 Å². The van der Waals surface area contributed by atoms with Crippen LogP contribution in [0.4, 0.5) is 13.2 Å². The first kappa shape index (κ1) is 16.8. The zero-order valence-corrected chi connectivity index (χ0v) is 12.4. The molecule has 1 aliphatic heterocycles. The van der Waals surface area contributed by atoms with Crippen molar-refractivity contribution in [2.75, 3.05) is 13.1 Å². The molecule has 1 heterocycles. The quantitative estimate of drug-likeness (QED) is 0.932. The minimum absolute atomic E-state index is 0.0615. The van der Waals surface area contributed by atoms with Crippen molar-refractivity contribution in [1.29, 1.82) is 0 Å². The van der Waals surface area contributed by atoms with E-state index in [2.05, 4.69) is 0 Å². The molecular weight excluding hydrogens is 295 g/mol. The van der Waals surface area contributed by atoms with E-state index in [9.17, 15) is 23.1 Å². The van der Waals surface area contributed by atoms with Crippen molar-refractivity contribution in [3.63, 3.8) is 0 Å². The molecular formula is C16H20F3NO2. The Morgan fingerprint density at radius 1 is 1.27 bits per heavy atom. The summed E-state index contributed by atoms with van der Waals surface area (Å²) in [6, 6.07) is 9.50. The van der Waals surface area contributed by atoms with Crippen molar-refractivity contribution in [3.05, 3.63) is 35.9 Å². The molecule has 1 aromatic carbocycles. The third-order valence-electron chi connectivity index (χ3n) is 4.24. The second-order valence-electron chi connectivity index (χ2n) is 5.95. The predicted octanol–water partition coefficient (Wildman–Crippen LogP) is 2.78. The van der Waals surface area contributed by atoms with Crippen LogP contribution in [0.3, 0.4) is 0 Å². The van der Waals surface area contributed by atoms with Gasteiger partial charge >= 0.3 is 6.18 Å². The molecule has 1 aromatic rings. The van der Waals surface area contributed by atoms with E-state index >= 15 is 0 Å². The standard InChI is InChI=1S/C16H20F3NO2/c1-12(11-13-5-3-2-4-6-13)14(21)20-9-7-15(22,8-10-20)16(17,18)19/h2-6,12,22H,7-11H2,1H3. The van der Waals surface area contributed by atoms with Crippen LogP contribution in [-0.2, 0) is 11.2 Å². The Morgan fingerprint density at radius 3 is 2.32 bits per heavy atom. The average molecular weight is 315 g/mol. The number of alkyl halides is 3. The molecule has 22 heavy (non-hydrogen) atoms. The second kappa shape index (κ2) is 6.28. The van der Waals surface area contributed by atoms with E-state index in [1.807, 2.05) is 30.3 Å². The maximum atomic E-state index is 12.7. The van der Waals surface area contributed by atoms with Gasteiger partial charge in [-0.3, -0.25) is 4.79 Å². The number of carbonyl (C=O) groups excluding carboxylic acids is 1. The van der Waals surface area contributed by atoms with Crippen molar-refractivity contribution < 1.29 is 23.1 Å². The number of likely N-dealkylation sites (tertiary alicyclic amines) is 1. The van der Waals surface area contributed by atoms with E-state index in [1.54, 1.807) is 6.92 Å². The SMILES string of the molecule is CC(Cc1ccccc1)C(=O)N1CCC(O)(C(F)(F)F)CC1. The molecule has 2 rings (SSSR count). The number of hydrogen-bond acceptors (Lipinski definition) is 2. The van der Waals surface area contributed by atoms with Gasteiger partial charge in [0.2, 0.25) is 5.91 Å². The lowest BCUT2D eigenvalue weighted by molar-refractivity contribution is -0.272. The molecule has 1 unspecified atom stereocenters. The number of amides is 1. The summed E-state index contributed by atoms with van der Waals surface area (Å²) in [5.74, 6) is -0.451. The second-order valence-corrected chi connectivity index (χ2v) is 5.95. The first-order chi connectivity index (χ1) is 10.2. The Morgan fingerprint density at radius 2 is 1.82 bits per heavy atom. The highest BCUT2D eigenvalue weighted by molar-refractivity contribution is 5.79. The average Bonchev–Trinajstić information content (AvgIpc) is 2.47. The Kier molecular flexibility index (Phi) is 4.80. The van der Waals surface area contributed by atoms with Crippen LogP contribution < -0.4 is 0 Å². The normalized spacial score (nSPS) is 19.8. The van der Waals surface area contributed by atoms with Crippen molar-refractivity contribution >= 4 is 5.91 Å². The lowest BCUT2D eigenvalue weighted by atomic mass is 9.89. The molecule has 0 radical (unpaired) electrons. The van der Waals surface area contributed by atoms with E-state index in [4.69, 9.17) is 0 Å². The van der Waals surface area contributed by atoms with Crippen molar-refractivity contribution in [2.24, 2.45) is 5.92 Å². The Labute approximate surface area is 127 Å². The molecule has 1 atom stereocenters. The zero-order chi connectivity index (χ0) is 16.4. The molecule has 0 bridgehead atoms. The lowest BCUT2D eigenvalue weighted by Crippen LogP contribution is -2.55. The monoisotopic (exact) mass is 315 g/mol. The number of rotatable bonds is 3. The van der Waals surface area contributed by atoms with Gasteiger partial charge in [0.1, 0.15) is 0 Å². The van der Waals surface area contributed by atoms with E-state index in [0.717, 1.165) is 5.56 Å². The zero-order valence-electron chi connectivity index (χ0n) is 12.4. The van der Waals surface area contributed by atoms with Crippen molar-refractivity contribution in [2.45, 2.75) is 38.0 Å². The van der Waals surface area contributed by atoms with Gasteiger partial charge in [0.15, 0.2) is 5.60 Å². The van der Waals surface area contributed by atoms with E-state index in [0.29, 0.717) is 6.42 Å². The smallest absolute Gasteiger partial charge is 0.380 e. The third-order valence-corrected chi connectivity index (χ3v) is 4.24. The van der Waals surface area contributed by atoms with Gasteiger partial charge in [-0.1, -0.05) is 37.3 Å². The molecule has 1 aliphatic rings. The molecule has 1 fully saturated rings. The summed E-state index contributed by atoms with van der Waals surface area (Å²) in [5.41, 5.74) is -1.64. The number of aliphatic hydroxyl groups is 1. The summed E-state index contributed by atoms with van der Waals surface area (Å²) in [7, 11) is 0. The Bertz CT molecular complexity index is 508. The van der Waals surface area contributed by atoms with Gasteiger partial charge in [0, 0.05) is 31.8 Å². The summed E-state index contributed by atoms with van der Waals surface area (Å²) in [5, 5.41) is 9.62. The highest BCUT2D eigenvalue weighted by Crippen LogP contribution is 2.38. The minimum Gasteiger partial charge on any atom is -0.380 e. The summed E-state index contributed by atoms with van der Waals surface area (Å²) in [6.07, 6.45) is -5.00. The van der Waals surface area contributed by atoms with E-state index in [-0.39, 0.29) is 24.9 Å². The minimum atomic E-state index is -4.64. The van der Waals surface area contributed by atoms with Crippen LogP contribution in [0, 0.1) is 5.92 Å². The predicted molar refractivity (Wildman–Crippen MR) is 76.1 cm³/mol. The number of carbonyl (C=O) groups is 1. The maximum Gasteiger partial charge on any atom is 0.417 e. The molecule has 0 saturated carbocycles. The largest absolute Gasteiger partial charge is 0.417 e. The van der Waals surface area contributed by atoms with Crippen LogP contribution in [0.2, 0.25) is 0 Å². The topological polar surface area (TPSA) is 40.5 Å². The number of benzene rings is 1. The maximum absolute atomic E-state index is 12.7. The number of halogens is 3. The van der Waals surface area contributed by atoms with Crippen molar-refractivity contribution in [1.82, 2.24) is 4.90 Å². The fraction of sp³-hybridized carbons (Fsp3) is 0.562. The summed E-state index contributed by atoms with van der Waals surface area (Å²) < 4.78 is 38.2. The highest BCUT2D eigenvalue weighted by Gasteiger charge is 2.54. The van der Waals surface area contributed by atoms with E-state index < -0.39 is 24.6 Å². The highest BCUT2D eigenvalue weighted by atomic mass is 19.4. The van der Waals surface area contributed by atoms with Crippen LogP contribution in [-0.4, -0.2) is 40.8 Å². The molecule has 3 nitrogen and oxygen atoms in total. The van der Waals surface area contributed by atoms with Crippen LogP contribution >= 0.6 is 0 Å². The molecule has 1 saturated heterocycles. The summed E-state index contributed by atoms with van der Waals surface area (Å²) in [6.45, 7) is 1.65. The number of piperidine rings is 1. The van der Waals surface area contributed by atoms with Gasteiger partial charge in [0.25, 0.3) is 0 Å². The Hall–Kier alpha value is -1.56. The van der Waals surface area contributed by atoms with Crippen LogP contribution in [0.15, 0.2) is 30.3 Å². The van der Waals surface area contributed by atoms with Crippen molar-refractivity contribution in [3.8, 4) is 0 Å². The lowest BCUT2D eigenvalue weighted by Gasteiger charge is -2.39. The van der Waals surface area contributed by atoms with Gasteiger partial charge < -0.3 is 10.0 Å². The van der Waals surface area contributed by atoms with Crippen LogP contribution in [0.5, 0.6) is 0 Å². The van der Waals surface area contributed by atoms with Crippen LogP contribution in [0.1, 0.15) is 25.3 Å². The fourth-order valence-electron chi connectivity index (χ4n) is 2.75. The fourth-order valence-corrected chi connectivity index (χ4v) is 2.75. The van der Waals surface area contributed by atoms with Gasteiger partial charge in [-0.05, 0) is 12.0 Å². The molecule has 0 spiro atoms. The van der Waals surface area contributed by atoms with Gasteiger partial charge in [0.05, 0.1) is 0 Å². The molecule has 6 heteroatoms. The van der Waals surface area contributed by atoms with Gasteiger partial charge in [-0.2, -0.15) is 13.2 Å². The molecule has 0 aromatic heterocycles. The molecule has 1 N–H and O–H groups in total. The first-order valence-corrected chi connectivity index (χ1v) is 7.35. The summed E-state index contributed by atoms with van der Waals surface area (Å²) >= 11 is 0. The molecule has 0 aliphatic carbocycles. The third kappa shape index (κ3) is 3.61. The number of hydrogen-bond donors (Lipinski definition) is 1. The molecule has 1 amide bonds. The van der Waals surface area contributed by atoms with E-state index in [1.165, 1.54) is 4.90 Å². The molecule has 122 valence electrons. The number of nitrogens with zero attached hydrogens (tertiary/aromatic N) is 1. The summed E-state index contributed by atoms with van der Waals surface area (Å²) in [4.78, 5) is 13.8. The first-order valence-electron chi connectivity index (χ1n) is 7.35. The van der Waals surface area contributed by atoms with Gasteiger partial charge in [-0.15, -0.1) is 0 Å². The Balaban J connectivity index is 1.92. The van der Waals surface area contributed by atoms with Gasteiger partial charge in [-0.25, -0.2) is 0 Å².